The maximum Gasteiger partial charge on any atom is 0.270 e. The Hall–Kier alpha value is -2.70. The number of thiocarbonyl (C=S) groups is 1. The summed E-state index contributed by atoms with van der Waals surface area (Å²) < 4.78 is 5.96. The second-order valence-electron chi connectivity index (χ2n) is 5.82. The number of hydrogen-bond donors (Lipinski definition) is 0. The number of benzene rings is 2. The van der Waals surface area contributed by atoms with Gasteiger partial charge in [-0.25, -0.2) is 0 Å². The van der Waals surface area contributed by atoms with Gasteiger partial charge in [0.1, 0.15) is 11.8 Å². The standard InChI is InChI=1S/C20H13NO3S2/c1-12-6-2-4-8-15(12)21-19(23)17(26-20(21)25)10-13-11-24-16-9-5-3-7-14(16)18(13)22/h2-11H,1H3/b17-10-. The maximum absolute atomic E-state index is 12.9. The van der Waals surface area contributed by atoms with Crippen molar-refractivity contribution in [3.8, 4) is 0 Å². The molecule has 2 aromatic carbocycles. The largest absolute Gasteiger partial charge is 0.463 e. The SMILES string of the molecule is Cc1ccccc1N1C(=O)/C(=C/c2coc3ccccc3c2=O)SC1=S. The lowest BCUT2D eigenvalue weighted by Crippen LogP contribution is -2.28. The average molecular weight is 379 g/mol. The van der Waals surface area contributed by atoms with E-state index in [9.17, 15) is 9.59 Å². The number of amides is 1. The van der Waals surface area contributed by atoms with Crippen LogP contribution in [-0.4, -0.2) is 10.2 Å². The third kappa shape index (κ3) is 2.77. The van der Waals surface area contributed by atoms with Crippen LogP contribution in [-0.2, 0) is 4.79 Å². The molecule has 4 nitrogen and oxygen atoms in total. The van der Waals surface area contributed by atoms with Crippen molar-refractivity contribution in [3.63, 3.8) is 0 Å². The smallest absolute Gasteiger partial charge is 0.270 e. The second kappa shape index (κ2) is 6.55. The van der Waals surface area contributed by atoms with Gasteiger partial charge in [0, 0.05) is 0 Å². The monoisotopic (exact) mass is 379 g/mol. The minimum Gasteiger partial charge on any atom is -0.463 e. The summed E-state index contributed by atoms with van der Waals surface area (Å²) in [5.74, 6) is -0.234. The van der Waals surface area contributed by atoms with Crippen LogP contribution in [0.25, 0.3) is 17.0 Å². The van der Waals surface area contributed by atoms with Gasteiger partial charge in [0.2, 0.25) is 0 Å². The van der Waals surface area contributed by atoms with Crippen LogP contribution in [0, 0.1) is 6.92 Å². The van der Waals surface area contributed by atoms with Gasteiger partial charge in [0.15, 0.2) is 9.75 Å². The molecule has 4 rings (SSSR count). The van der Waals surface area contributed by atoms with Gasteiger partial charge in [-0.3, -0.25) is 14.5 Å². The zero-order valence-electron chi connectivity index (χ0n) is 13.8. The first-order valence-corrected chi connectivity index (χ1v) is 9.13. The van der Waals surface area contributed by atoms with Crippen molar-refractivity contribution in [1.29, 1.82) is 0 Å². The summed E-state index contributed by atoms with van der Waals surface area (Å²) in [5, 5.41) is 0.482. The number of aryl methyl sites for hydroxylation is 1. The van der Waals surface area contributed by atoms with Crippen molar-refractivity contribution < 1.29 is 9.21 Å². The van der Waals surface area contributed by atoms with Crippen LogP contribution in [0.1, 0.15) is 11.1 Å². The van der Waals surface area contributed by atoms with Crippen molar-refractivity contribution in [2.75, 3.05) is 4.90 Å². The Morgan fingerprint density at radius 1 is 1.08 bits per heavy atom. The van der Waals surface area contributed by atoms with Gasteiger partial charge in [0.25, 0.3) is 5.91 Å². The number of fused-ring (bicyclic) bond motifs is 1. The summed E-state index contributed by atoms with van der Waals surface area (Å²) in [4.78, 5) is 27.4. The minimum absolute atomic E-state index is 0.173. The van der Waals surface area contributed by atoms with E-state index in [0.29, 0.717) is 25.8 Å². The number of anilines is 1. The first-order valence-electron chi connectivity index (χ1n) is 7.90. The highest BCUT2D eigenvalue weighted by Crippen LogP contribution is 2.37. The van der Waals surface area contributed by atoms with E-state index in [1.165, 1.54) is 22.9 Å². The lowest BCUT2D eigenvalue weighted by molar-refractivity contribution is -0.113. The van der Waals surface area contributed by atoms with Crippen molar-refractivity contribution in [3.05, 3.63) is 81.0 Å². The van der Waals surface area contributed by atoms with Crippen molar-refractivity contribution in [1.82, 2.24) is 0 Å². The molecule has 0 saturated carbocycles. The number of carbonyl (C=O) groups excluding carboxylic acids is 1. The van der Waals surface area contributed by atoms with Gasteiger partial charge in [-0.2, -0.15) is 0 Å². The molecule has 2 heterocycles. The van der Waals surface area contributed by atoms with Gasteiger partial charge >= 0.3 is 0 Å². The number of thioether (sulfide) groups is 1. The summed E-state index contributed by atoms with van der Waals surface area (Å²) in [6, 6.07) is 14.6. The molecule has 1 fully saturated rings. The predicted molar refractivity (Wildman–Crippen MR) is 109 cm³/mol. The molecule has 1 saturated heterocycles. The molecule has 1 aliphatic heterocycles. The molecule has 128 valence electrons. The summed E-state index contributed by atoms with van der Waals surface area (Å²) in [5.41, 5.74) is 2.38. The molecule has 0 aliphatic carbocycles. The first-order chi connectivity index (χ1) is 12.6. The van der Waals surface area contributed by atoms with Crippen LogP contribution in [0.15, 0.2) is 68.9 Å². The molecular formula is C20H13NO3S2. The number of hydrogen-bond acceptors (Lipinski definition) is 5. The van der Waals surface area contributed by atoms with Gasteiger partial charge in [-0.05, 0) is 36.8 Å². The van der Waals surface area contributed by atoms with Gasteiger partial charge in [-0.1, -0.05) is 54.3 Å². The summed E-state index contributed by atoms with van der Waals surface area (Å²) in [6.07, 6.45) is 2.93. The van der Waals surface area contributed by atoms with Gasteiger partial charge in [0.05, 0.1) is 21.5 Å². The van der Waals surface area contributed by atoms with E-state index in [-0.39, 0.29) is 11.3 Å². The van der Waals surface area contributed by atoms with Crippen LogP contribution >= 0.6 is 24.0 Å². The Balaban J connectivity index is 1.77. The zero-order chi connectivity index (χ0) is 18.3. The lowest BCUT2D eigenvalue weighted by atomic mass is 10.1. The van der Waals surface area contributed by atoms with Crippen LogP contribution in [0.4, 0.5) is 5.69 Å². The first kappa shape index (κ1) is 16.8. The molecule has 1 aromatic heterocycles. The van der Waals surface area contributed by atoms with E-state index in [1.807, 2.05) is 31.2 Å². The normalized spacial score (nSPS) is 16.0. The Bertz CT molecular complexity index is 1150. The molecule has 1 amide bonds. The van der Waals surface area contributed by atoms with E-state index in [4.69, 9.17) is 16.6 Å². The number of carbonyl (C=O) groups is 1. The topological polar surface area (TPSA) is 50.5 Å². The van der Waals surface area contributed by atoms with Crippen molar-refractivity contribution >= 4 is 56.9 Å². The quantitative estimate of drug-likeness (QED) is 0.484. The predicted octanol–water partition coefficient (Wildman–Crippen LogP) is 4.51. The third-order valence-corrected chi connectivity index (χ3v) is 5.45. The highest BCUT2D eigenvalue weighted by Gasteiger charge is 2.34. The lowest BCUT2D eigenvalue weighted by Gasteiger charge is -2.16. The van der Waals surface area contributed by atoms with E-state index in [2.05, 4.69) is 0 Å². The Morgan fingerprint density at radius 2 is 1.81 bits per heavy atom. The number of rotatable bonds is 2. The molecule has 0 radical (unpaired) electrons. The van der Waals surface area contributed by atoms with Crippen LogP contribution in [0.5, 0.6) is 0 Å². The third-order valence-electron chi connectivity index (χ3n) is 4.14. The fourth-order valence-corrected chi connectivity index (χ4v) is 4.10. The van der Waals surface area contributed by atoms with Crippen molar-refractivity contribution in [2.45, 2.75) is 6.92 Å². The summed E-state index contributed by atoms with van der Waals surface area (Å²) in [6.45, 7) is 1.93. The summed E-state index contributed by atoms with van der Waals surface area (Å²) in [7, 11) is 0. The molecule has 3 aromatic rings. The molecule has 1 aliphatic rings. The second-order valence-corrected chi connectivity index (χ2v) is 7.50. The molecule has 0 N–H and O–H groups in total. The number of nitrogens with zero attached hydrogens (tertiary/aromatic N) is 1. The van der Waals surface area contributed by atoms with Crippen LogP contribution in [0.3, 0.4) is 0 Å². The Kier molecular flexibility index (Phi) is 4.22. The fourth-order valence-electron chi connectivity index (χ4n) is 2.82. The van der Waals surface area contributed by atoms with Gasteiger partial charge in [-0.15, -0.1) is 0 Å². The van der Waals surface area contributed by atoms with E-state index in [0.717, 1.165) is 11.3 Å². The van der Waals surface area contributed by atoms with Crippen LogP contribution < -0.4 is 10.3 Å². The van der Waals surface area contributed by atoms with E-state index in [1.54, 1.807) is 30.3 Å². The number of para-hydroxylation sites is 2. The highest BCUT2D eigenvalue weighted by atomic mass is 32.2. The zero-order valence-corrected chi connectivity index (χ0v) is 15.4. The molecule has 0 atom stereocenters. The molecule has 26 heavy (non-hydrogen) atoms. The molecule has 6 heteroatoms. The van der Waals surface area contributed by atoms with E-state index >= 15 is 0 Å². The molecular weight excluding hydrogens is 366 g/mol. The maximum atomic E-state index is 12.9. The minimum atomic E-state index is -0.234. The summed E-state index contributed by atoms with van der Waals surface area (Å²) >= 11 is 6.57. The van der Waals surface area contributed by atoms with Gasteiger partial charge < -0.3 is 4.42 Å². The Labute approximate surface area is 159 Å². The average Bonchev–Trinajstić information content (AvgIpc) is 2.92. The Morgan fingerprint density at radius 3 is 2.62 bits per heavy atom. The van der Waals surface area contributed by atoms with Crippen LogP contribution in [0.2, 0.25) is 0 Å². The molecule has 0 spiro atoms. The highest BCUT2D eigenvalue weighted by molar-refractivity contribution is 8.27. The molecule has 0 bridgehead atoms. The fraction of sp³-hybridized carbons (Fsp3) is 0.0500. The van der Waals surface area contributed by atoms with E-state index < -0.39 is 0 Å². The molecule has 0 unspecified atom stereocenters. The van der Waals surface area contributed by atoms with Crippen molar-refractivity contribution in [2.24, 2.45) is 0 Å².